The second kappa shape index (κ2) is 6.17. The van der Waals surface area contributed by atoms with Crippen LogP contribution in [0.5, 0.6) is 0 Å². The Morgan fingerprint density at radius 2 is 2.10 bits per heavy atom. The van der Waals surface area contributed by atoms with Crippen LogP contribution < -0.4 is 10.2 Å². The van der Waals surface area contributed by atoms with E-state index in [1.54, 1.807) is 18.4 Å². The van der Waals surface area contributed by atoms with E-state index in [1.807, 2.05) is 36.3 Å². The van der Waals surface area contributed by atoms with Crippen molar-refractivity contribution < 1.29 is 8.78 Å². The fraction of sp³-hybridized carbons (Fsp3) is 0.357. The lowest BCUT2D eigenvalue weighted by atomic mass is 10.2. The molecule has 0 fully saturated rings. The highest BCUT2D eigenvalue weighted by atomic mass is 32.1. The number of rotatable bonds is 5. The molecule has 6 heteroatoms. The van der Waals surface area contributed by atoms with Crippen LogP contribution in [0.4, 0.5) is 20.4 Å². The fourth-order valence-electron chi connectivity index (χ4n) is 1.91. The molecule has 0 aliphatic carbocycles. The molecular formula is C14H17F2N3S. The highest BCUT2D eigenvalue weighted by Gasteiger charge is 2.20. The van der Waals surface area contributed by atoms with Crippen LogP contribution in [-0.4, -0.2) is 18.1 Å². The van der Waals surface area contributed by atoms with Gasteiger partial charge in [0.2, 0.25) is 0 Å². The van der Waals surface area contributed by atoms with Gasteiger partial charge in [-0.3, -0.25) is 0 Å². The summed E-state index contributed by atoms with van der Waals surface area (Å²) in [6, 6.07) is 4.86. The van der Waals surface area contributed by atoms with Crippen LogP contribution >= 0.6 is 11.3 Å². The number of halogens is 2. The number of aromatic nitrogens is 1. The second-order valence-electron chi connectivity index (χ2n) is 4.68. The van der Waals surface area contributed by atoms with Crippen molar-refractivity contribution in [1.82, 2.24) is 4.98 Å². The highest BCUT2D eigenvalue weighted by molar-refractivity contribution is 7.09. The molecule has 0 amide bonds. The number of nitrogens with one attached hydrogen (secondary N) is 1. The molecule has 0 spiro atoms. The predicted octanol–water partition coefficient (Wildman–Crippen LogP) is 3.88. The Bertz CT molecular complexity index is 570. The van der Waals surface area contributed by atoms with E-state index in [1.165, 1.54) is 0 Å². The molecule has 0 aliphatic rings. The van der Waals surface area contributed by atoms with Gasteiger partial charge in [-0.15, -0.1) is 11.3 Å². The van der Waals surface area contributed by atoms with Gasteiger partial charge in [0.25, 0.3) is 0 Å². The summed E-state index contributed by atoms with van der Waals surface area (Å²) >= 11 is 1.60. The zero-order valence-corrected chi connectivity index (χ0v) is 12.5. The number of pyridine rings is 1. The molecule has 20 heavy (non-hydrogen) atoms. The Morgan fingerprint density at radius 1 is 1.35 bits per heavy atom. The standard InChI is InChI=1S/C14H17F2N3S/c1-9(2)19(8-10-5-4-6-20-10)14-12(16)7-11(15)13(17-3)18-14/h4-7,9H,8H2,1-3H3,(H,17,18). The third kappa shape index (κ3) is 3.07. The lowest BCUT2D eigenvalue weighted by Gasteiger charge is -2.28. The molecule has 0 unspecified atom stereocenters. The van der Waals surface area contributed by atoms with Gasteiger partial charge in [0.05, 0.1) is 6.54 Å². The topological polar surface area (TPSA) is 28.2 Å². The molecule has 0 atom stereocenters. The second-order valence-corrected chi connectivity index (χ2v) is 5.71. The molecule has 0 aliphatic heterocycles. The van der Waals surface area contributed by atoms with Crippen molar-refractivity contribution in [2.75, 3.05) is 17.3 Å². The van der Waals surface area contributed by atoms with E-state index < -0.39 is 11.6 Å². The number of thiophene rings is 1. The first-order valence-corrected chi connectivity index (χ1v) is 7.23. The van der Waals surface area contributed by atoms with Crippen molar-refractivity contribution in [3.63, 3.8) is 0 Å². The summed E-state index contributed by atoms with van der Waals surface area (Å²) in [7, 11) is 1.56. The summed E-state index contributed by atoms with van der Waals surface area (Å²) in [5.41, 5.74) is 0. The van der Waals surface area contributed by atoms with Crippen molar-refractivity contribution in [3.05, 3.63) is 40.1 Å². The first-order chi connectivity index (χ1) is 9.52. The molecule has 0 aromatic carbocycles. The summed E-state index contributed by atoms with van der Waals surface area (Å²) < 4.78 is 27.5. The van der Waals surface area contributed by atoms with Gasteiger partial charge < -0.3 is 10.2 Å². The molecule has 0 saturated carbocycles. The lowest BCUT2D eigenvalue weighted by molar-refractivity contribution is 0.560. The van der Waals surface area contributed by atoms with Crippen molar-refractivity contribution in [2.45, 2.75) is 26.4 Å². The van der Waals surface area contributed by atoms with E-state index in [9.17, 15) is 8.78 Å². The maximum absolute atomic E-state index is 14.0. The van der Waals surface area contributed by atoms with Crippen LogP contribution in [0.25, 0.3) is 0 Å². The minimum atomic E-state index is -0.687. The van der Waals surface area contributed by atoms with E-state index in [4.69, 9.17) is 0 Å². The minimum absolute atomic E-state index is 0.0502. The van der Waals surface area contributed by atoms with Crippen molar-refractivity contribution >= 4 is 23.0 Å². The lowest BCUT2D eigenvalue weighted by Crippen LogP contribution is -2.31. The molecule has 0 radical (unpaired) electrons. The maximum atomic E-state index is 14.0. The average Bonchev–Trinajstić information content (AvgIpc) is 2.89. The van der Waals surface area contributed by atoms with Crippen LogP contribution in [0.3, 0.4) is 0 Å². The quantitative estimate of drug-likeness (QED) is 0.908. The Labute approximate surface area is 121 Å². The van der Waals surface area contributed by atoms with Gasteiger partial charge in [0.15, 0.2) is 23.3 Å². The summed E-state index contributed by atoms with van der Waals surface area (Å²) in [6.07, 6.45) is 0. The minimum Gasteiger partial charge on any atom is -0.371 e. The average molecular weight is 297 g/mol. The van der Waals surface area contributed by atoms with Crippen molar-refractivity contribution in [3.8, 4) is 0 Å². The summed E-state index contributed by atoms with van der Waals surface area (Å²) in [4.78, 5) is 6.99. The highest BCUT2D eigenvalue weighted by Crippen LogP contribution is 2.26. The molecule has 2 aromatic heterocycles. The molecule has 0 bridgehead atoms. The SMILES string of the molecule is CNc1nc(N(Cc2cccs2)C(C)C)c(F)cc1F. The van der Waals surface area contributed by atoms with Gasteiger partial charge in [0, 0.05) is 24.0 Å². The summed E-state index contributed by atoms with van der Waals surface area (Å²) in [6.45, 7) is 4.46. The molecule has 108 valence electrons. The van der Waals surface area contributed by atoms with Crippen LogP contribution in [0.2, 0.25) is 0 Å². The molecule has 0 saturated heterocycles. The van der Waals surface area contributed by atoms with Crippen LogP contribution in [0.15, 0.2) is 23.6 Å². The summed E-state index contributed by atoms with van der Waals surface area (Å²) in [5.74, 6) is -1.11. The zero-order valence-electron chi connectivity index (χ0n) is 11.7. The van der Waals surface area contributed by atoms with Crippen molar-refractivity contribution in [1.29, 1.82) is 0 Å². The van der Waals surface area contributed by atoms with E-state index in [-0.39, 0.29) is 17.7 Å². The van der Waals surface area contributed by atoms with Gasteiger partial charge >= 0.3 is 0 Å². The van der Waals surface area contributed by atoms with Gasteiger partial charge in [-0.25, -0.2) is 13.8 Å². The normalized spacial score (nSPS) is 10.9. The number of hydrogen-bond donors (Lipinski definition) is 1. The molecule has 2 aromatic rings. The van der Waals surface area contributed by atoms with E-state index in [2.05, 4.69) is 10.3 Å². The molecule has 2 heterocycles. The van der Waals surface area contributed by atoms with Gasteiger partial charge in [-0.2, -0.15) is 0 Å². The maximum Gasteiger partial charge on any atom is 0.168 e. The third-order valence-electron chi connectivity index (χ3n) is 2.95. The molecule has 3 nitrogen and oxygen atoms in total. The van der Waals surface area contributed by atoms with Gasteiger partial charge in [-0.1, -0.05) is 6.07 Å². The summed E-state index contributed by atoms with van der Waals surface area (Å²) in [5, 5.41) is 4.61. The number of nitrogens with zero attached hydrogens (tertiary/aromatic N) is 2. The monoisotopic (exact) mass is 297 g/mol. The smallest absolute Gasteiger partial charge is 0.168 e. The number of anilines is 2. The van der Waals surface area contributed by atoms with E-state index in [0.29, 0.717) is 6.54 Å². The Balaban J connectivity index is 2.38. The van der Waals surface area contributed by atoms with Gasteiger partial charge in [-0.05, 0) is 25.3 Å². The zero-order chi connectivity index (χ0) is 14.7. The number of hydrogen-bond acceptors (Lipinski definition) is 4. The van der Waals surface area contributed by atoms with Crippen LogP contribution in [0, 0.1) is 11.6 Å². The Morgan fingerprint density at radius 3 is 2.65 bits per heavy atom. The van der Waals surface area contributed by atoms with E-state index in [0.717, 1.165) is 10.9 Å². The molecule has 2 rings (SSSR count). The first kappa shape index (κ1) is 14.7. The largest absolute Gasteiger partial charge is 0.371 e. The van der Waals surface area contributed by atoms with E-state index >= 15 is 0 Å². The van der Waals surface area contributed by atoms with Crippen LogP contribution in [-0.2, 0) is 6.54 Å². The Hall–Kier alpha value is -1.69. The fourth-order valence-corrected chi connectivity index (χ4v) is 2.61. The molecular weight excluding hydrogens is 280 g/mol. The predicted molar refractivity (Wildman–Crippen MR) is 79.3 cm³/mol. The molecule has 1 N–H and O–H groups in total. The Kier molecular flexibility index (Phi) is 4.54. The van der Waals surface area contributed by atoms with Gasteiger partial charge in [0.1, 0.15) is 0 Å². The van der Waals surface area contributed by atoms with Crippen molar-refractivity contribution in [2.24, 2.45) is 0 Å². The van der Waals surface area contributed by atoms with Crippen LogP contribution in [0.1, 0.15) is 18.7 Å². The third-order valence-corrected chi connectivity index (χ3v) is 3.81. The first-order valence-electron chi connectivity index (χ1n) is 6.35.